The molecular formula is C20H24N2O. The molecular weight excluding hydrogens is 284 g/mol. The van der Waals surface area contributed by atoms with Gasteiger partial charge in [0.1, 0.15) is 5.78 Å². The summed E-state index contributed by atoms with van der Waals surface area (Å²) in [5, 5.41) is 1.40. The number of rotatable bonds is 0. The van der Waals surface area contributed by atoms with Crippen LogP contribution in [-0.4, -0.2) is 28.8 Å². The topological polar surface area (TPSA) is 36.1 Å². The van der Waals surface area contributed by atoms with Crippen LogP contribution in [0.2, 0.25) is 0 Å². The van der Waals surface area contributed by atoms with E-state index in [1.54, 1.807) is 0 Å². The summed E-state index contributed by atoms with van der Waals surface area (Å²) >= 11 is 0. The van der Waals surface area contributed by atoms with Crippen LogP contribution < -0.4 is 0 Å². The third kappa shape index (κ3) is 1.96. The van der Waals surface area contributed by atoms with Gasteiger partial charge in [0.2, 0.25) is 0 Å². The number of carbonyl (C=O) groups is 1. The summed E-state index contributed by atoms with van der Waals surface area (Å²) in [6.45, 7) is 4.52. The van der Waals surface area contributed by atoms with E-state index in [0.717, 1.165) is 31.6 Å². The van der Waals surface area contributed by atoms with Gasteiger partial charge in [-0.1, -0.05) is 25.1 Å². The number of carbonyl (C=O) groups excluding carboxylic acids is 1. The Bertz CT molecular complexity index is 777. The summed E-state index contributed by atoms with van der Waals surface area (Å²) in [5.41, 5.74) is 4.23. The van der Waals surface area contributed by atoms with E-state index in [2.05, 4.69) is 41.1 Å². The van der Waals surface area contributed by atoms with Gasteiger partial charge in [-0.05, 0) is 42.7 Å². The molecule has 0 radical (unpaired) electrons. The third-order valence-electron chi connectivity index (χ3n) is 6.75. The predicted molar refractivity (Wildman–Crippen MR) is 91.3 cm³/mol. The second kappa shape index (κ2) is 4.94. The quantitative estimate of drug-likeness (QED) is 0.805. The highest BCUT2D eigenvalue weighted by molar-refractivity contribution is 5.85. The Morgan fingerprint density at radius 3 is 3.00 bits per heavy atom. The molecule has 0 amide bonds. The summed E-state index contributed by atoms with van der Waals surface area (Å²) in [6.07, 6.45) is 4.22. The number of nitrogens with zero attached hydrogens (tertiary/aromatic N) is 1. The minimum absolute atomic E-state index is 0.255. The number of benzene rings is 1. The van der Waals surface area contributed by atoms with E-state index in [4.69, 9.17) is 0 Å². The zero-order valence-corrected chi connectivity index (χ0v) is 13.7. The fourth-order valence-electron chi connectivity index (χ4n) is 5.45. The molecule has 1 aromatic heterocycles. The van der Waals surface area contributed by atoms with Gasteiger partial charge in [-0.25, -0.2) is 0 Å². The molecule has 1 aromatic carbocycles. The lowest BCUT2D eigenvalue weighted by atomic mass is 9.66. The summed E-state index contributed by atoms with van der Waals surface area (Å²) < 4.78 is 0. The molecule has 3 nitrogen and oxygen atoms in total. The minimum Gasteiger partial charge on any atom is -0.357 e. The van der Waals surface area contributed by atoms with E-state index >= 15 is 0 Å². The zero-order valence-electron chi connectivity index (χ0n) is 13.7. The van der Waals surface area contributed by atoms with E-state index in [1.165, 1.54) is 35.2 Å². The molecule has 4 atom stereocenters. The lowest BCUT2D eigenvalue weighted by Gasteiger charge is -2.49. The smallest absolute Gasteiger partial charge is 0.136 e. The number of hydrogen-bond acceptors (Lipinski definition) is 2. The molecule has 1 aliphatic carbocycles. The van der Waals surface area contributed by atoms with Crippen LogP contribution >= 0.6 is 0 Å². The van der Waals surface area contributed by atoms with E-state index in [1.807, 2.05) is 0 Å². The van der Waals surface area contributed by atoms with Gasteiger partial charge < -0.3 is 4.98 Å². The van der Waals surface area contributed by atoms with Crippen LogP contribution in [0.25, 0.3) is 10.9 Å². The van der Waals surface area contributed by atoms with Crippen molar-refractivity contribution in [3.8, 4) is 0 Å². The van der Waals surface area contributed by atoms with Gasteiger partial charge in [0, 0.05) is 42.0 Å². The van der Waals surface area contributed by atoms with Crippen molar-refractivity contribution in [3.05, 3.63) is 35.5 Å². The molecule has 3 heterocycles. The molecule has 1 N–H and O–H groups in total. The first-order chi connectivity index (χ1) is 11.2. The van der Waals surface area contributed by atoms with Crippen molar-refractivity contribution in [1.29, 1.82) is 0 Å². The van der Waals surface area contributed by atoms with Gasteiger partial charge in [0.05, 0.1) is 6.04 Å². The third-order valence-corrected chi connectivity index (χ3v) is 6.75. The number of fused-ring (bicyclic) bond motifs is 6. The van der Waals surface area contributed by atoms with Crippen LogP contribution in [0.3, 0.4) is 0 Å². The number of H-pyrrole nitrogens is 1. The maximum absolute atomic E-state index is 12.2. The molecule has 120 valence electrons. The average Bonchev–Trinajstić information content (AvgIpc) is 2.96. The highest BCUT2D eigenvalue weighted by atomic mass is 16.1. The lowest BCUT2D eigenvalue weighted by Crippen LogP contribution is -2.50. The van der Waals surface area contributed by atoms with Gasteiger partial charge >= 0.3 is 0 Å². The Morgan fingerprint density at radius 1 is 1.22 bits per heavy atom. The first-order valence-corrected chi connectivity index (χ1v) is 9.08. The Balaban J connectivity index is 1.55. The largest absolute Gasteiger partial charge is 0.357 e. The van der Waals surface area contributed by atoms with Crippen LogP contribution in [0.5, 0.6) is 0 Å². The van der Waals surface area contributed by atoms with Gasteiger partial charge in [0.25, 0.3) is 0 Å². The van der Waals surface area contributed by atoms with Crippen molar-refractivity contribution in [2.75, 3.05) is 13.1 Å². The molecule has 5 rings (SSSR count). The molecule has 1 saturated carbocycles. The monoisotopic (exact) mass is 308 g/mol. The van der Waals surface area contributed by atoms with Crippen molar-refractivity contribution < 1.29 is 4.79 Å². The summed E-state index contributed by atoms with van der Waals surface area (Å²) in [4.78, 5) is 18.6. The van der Waals surface area contributed by atoms with E-state index in [0.29, 0.717) is 17.7 Å². The zero-order chi connectivity index (χ0) is 15.6. The standard InChI is InChI=1S/C20H24N2O/c1-12-16-10-18-20-15(14-4-2-3-5-17(14)21-20)8-9-22(18)11-13(16)6-7-19(12)23/h2-5,12-13,16,18,21H,6-11H2,1H3/t12-,13+,16-,18+/m0/s1. The number of Topliss-reactive ketones (excluding diaryl/α,β-unsaturated/α-hetero) is 1. The number of piperidine rings is 1. The SMILES string of the molecule is C[C@@H]1C(=O)CC[C@@H]2CN3CCc4c([nH]c5ccccc45)[C@H]3C[C@H]21. The van der Waals surface area contributed by atoms with Crippen LogP contribution in [-0.2, 0) is 11.2 Å². The van der Waals surface area contributed by atoms with E-state index in [-0.39, 0.29) is 5.92 Å². The van der Waals surface area contributed by atoms with Crippen molar-refractivity contribution in [3.63, 3.8) is 0 Å². The first-order valence-electron chi connectivity index (χ1n) is 9.08. The molecule has 2 aliphatic heterocycles. The minimum atomic E-state index is 0.255. The predicted octanol–water partition coefficient (Wildman–Crippen LogP) is 3.70. The van der Waals surface area contributed by atoms with Crippen molar-refractivity contribution in [1.82, 2.24) is 9.88 Å². The normalized spacial score (nSPS) is 34.0. The molecule has 3 heteroatoms. The molecule has 23 heavy (non-hydrogen) atoms. The number of para-hydroxylation sites is 1. The Labute approximate surface area is 137 Å². The Morgan fingerprint density at radius 2 is 2.09 bits per heavy atom. The van der Waals surface area contributed by atoms with Crippen molar-refractivity contribution in [2.24, 2.45) is 17.8 Å². The van der Waals surface area contributed by atoms with Crippen LogP contribution in [0.4, 0.5) is 0 Å². The first kappa shape index (κ1) is 13.8. The molecule has 0 unspecified atom stereocenters. The second-order valence-corrected chi connectivity index (χ2v) is 7.78. The molecule has 0 spiro atoms. The molecule has 2 aromatic rings. The fourth-order valence-corrected chi connectivity index (χ4v) is 5.45. The number of aromatic amines is 1. The number of hydrogen-bond donors (Lipinski definition) is 1. The summed E-state index contributed by atoms with van der Waals surface area (Å²) in [5.74, 6) is 2.05. The molecule has 2 fully saturated rings. The fraction of sp³-hybridized carbons (Fsp3) is 0.550. The Kier molecular flexibility index (Phi) is 2.96. The van der Waals surface area contributed by atoms with Crippen molar-refractivity contribution in [2.45, 2.75) is 38.6 Å². The van der Waals surface area contributed by atoms with Gasteiger partial charge in [-0.2, -0.15) is 0 Å². The Hall–Kier alpha value is -1.61. The molecule has 3 aliphatic rings. The van der Waals surface area contributed by atoms with Gasteiger partial charge in [0.15, 0.2) is 0 Å². The van der Waals surface area contributed by atoms with Gasteiger partial charge in [-0.15, -0.1) is 0 Å². The molecule has 0 bridgehead atoms. The van der Waals surface area contributed by atoms with Gasteiger partial charge in [-0.3, -0.25) is 9.69 Å². The molecule has 1 saturated heterocycles. The summed E-state index contributed by atoms with van der Waals surface area (Å²) in [6, 6.07) is 9.18. The van der Waals surface area contributed by atoms with Crippen molar-refractivity contribution >= 4 is 16.7 Å². The van der Waals surface area contributed by atoms with Crippen LogP contribution in [0.1, 0.15) is 43.5 Å². The number of aromatic nitrogens is 1. The highest BCUT2D eigenvalue weighted by Crippen LogP contribution is 2.47. The highest BCUT2D eigenvalue weighted by Gasteiger charge is 2.45. The average molecular weight is 308 g/mol. The second-order valence-electron chi connectivity index (χ2n) is 7.78. The van der Waals surface area contributed by atoms with E-state index in [9.17, 15) is 4.79 Å². The van der Waals surface area contributed by atoms with Crippen LogP contribution in [0.15, 0.2) is 24.3 Å². The number of nitrogens with one attached hydrogen (secondary N) is 1. The van der Waals surface area contributed by atoms with Crippen LogP contribution in [0, 0.1) is 17.8 Å². The maximum Gasteiger partial charge on any atom is 0.136 e. The lowest BCUT2D eigenvalue weighted by molar-refractivity contribution is -0.130. The number of ketones is 1. The maximum atomic E-state index is 12.2. The van der Waals surface area contributed by atoms with E-state index < -0.39 is 0 Å². The summed E-state index contributed by atoms with van der Waals surface area (Å²) in [7, 11) is 0.